The fourth-order valence-corrected chi connectivity index (χ4v) is 4.90. The van der Waals surface area contributed by atoms with E-state index < -0.39 is 6.10 Å². The number of aliphatic hydroxyl groups excluding tert-OH is 1. The van der Waals surface area contributed by atoms with Crippen LogP contribution in [0, 0.1) is 0 Å². The molecule has 0 unspecified atom stereocenters. The van der Waals surface area contributed by atoms with E-state index in [2.05, 4.69) is 26.0 Å². The first-order valence-corrected chi connectivity index (χ1v) is 12.1. The Hall–Kier alpha value is -3.44. The molecule has 2 fully saturated rings. The molecule has 35 heavy (non-hydrogen) atoms. The summed E-state index contributed by atoms with van der Waals surface area (Å²) in [6, 6.07) is 5.19. The Balaban J connectivity index is 1.43. The Bertz CT molecular complexity index is 1260. The topological polar surface area (TPSA) is 135 Å². The first-order valence-electron chi connectivity index (χ1n) is 12.1. The van der Waals surface area contributed by atoms with E-state index in [1.54, 1.807) is 34.5 Å². The van der Waals surface area contributed by atoms with Gasteiger partial charge in [-0.1, -0.05) is 0 Å². The number of hydrogen-bond acceptors (Lipinski definition) is 8. The van der Waals surface area contributed by atoms with Crippen molar-refractivity contribution in [3.8, 4) is 0 Å². The lowest BCUT2D eigenvalue weighted by molar-refractivity contribution is 0.0580. The molecule has 5 rings (SSSR count). The van der Waals surface area contributed by atoms with Crippen molar-refractivity contribution in [2.75, 3.05) is 30.9 Å². The molecular weight excluding hydrogens is 450 g/mol. The SMILES string of the molecule is CNc1cc(Nc2cccn([C@@H]3CCCOC3)c2=O)nc2c(C(=O)N[C@H]3CCC[C@H](O)C3)cnn12. The number of hydrogen-bond donors (Lipinski definition) is 4. The average Bonchev–Trinajstić information content (AvgIpc) is 3.29. The summed E-state index contributed by atoms with van der Waals surface area (Å²) in [6.45, 7) is 1.24. The molecule has 3 aromatic rings. The van der Waals surface area contributed by atoms with E-state index >= 15 is 0 Å². The summed E-state index contributed by atoms with van der Waals surface area (Å²) in [5, 5.41) is 23.5. The Labute approximate surface area is 202 Å². The van der Waals surface area contributed by atoms with Crippen molar-refractivity contribution in [2.24, 2.45) is 0 Å². The van der Waals surface area contributed by atoms with Gasteiger partial charge in [0.05, 0.1) is 24.9 Å². The highest BCUT2D eigenvalue weighted by atomic mass is 16.5. The molecule has 0 radical (unpaired) electrons. The first kappa shape index (κ1) is 23.3. The van der Waals surface area contributed by atoms with E-state index in [1.807, 2.05) is 6.07 Å². The van der Waals surface area contributed by atoms with Crippen LogP contribution >= 0.6 is 0 Å². The molecular formula is C24H31N7O4. The van der Waals surface area contributed by atoms with Crippen molar-refractivity contribution in [1.82, 2.24) is 24.5 Å². The number of nitrogens with zero attached hydrogens (tertiary/aromatic N) is 4. The van der Waals surface area contributed by atoms with Crippen LogP contribution in [0.5, 0.6) is 0 Å². The third kappa shape index (κ3) is 4.87. The lowest BCUT2D eigenvalue weighted by Crippen LogP contribution is -2.39. The number of nitrogens with one attached hydrogen (secondary N) is 3. The maximum absolute atomic E-state index is 13.2. The molecule has 0 aromatic carbocycles. The molecule has 1 aliphatic carbocycles. The molecule has 186 valence electrons. The molecule has 0 spiro atoms. The van der Waals surface area contributed by atoms with Crippen LogP contribution in [-0.2, 0) is 4.74 Å². The minimum Gasteiger partial charge on any atom is -0.393 e. The van der Waals surface area contributed by atoms with Crippen molar-refractivity contribution < 1.29 is 14.6 Å². The van der Waals surface area contributed by atoms with Crippen LogP contribution in [-0.4, -0.2) is 62.6 Å². The molecule has 4 N–H and O–H groups in total. The van der Waals surface area contributed by atoms with Gasteiger partial charge in [0.25, 0.3) is 11.5 Å². The highest BCUT2D eigenvalue weighted by molar-refractivity contribution is 6.00. The zero-order chi connectivity index (χ0) is 24.4. The standard InChI is InChI=1S/C24H31N7O4/c1-25-21-12-20(28-19-8-3-9-30(24(19)34)16-6-4-10-35-14-16)29-22-18(13-26-31(21)22)23(33)27-15-5-2-7-17(32)11-15/h3,8-9,12-13,15-17,25,32H,2,4-7,10-11,14H2,1H3,(H,27,33)(H,28,29)/t15-,16+,17-/m0/s1. The molecule has 3 atom stereocenters. The van der Waals surface area contributed by atoms with E-state index in [4.69, 9.17) is 4.74 Å². The monoisotopic (exact) mass is 481 g/mol. The van der Waals surface area contributed by atoms with Crippen molar-refractivity contribution in [1.29, 1.82) is 0 Å². The number of carbonyl (C=O) groups excluding carboxylic acids is 1. The Morgan fingerprint density at radius 1 is 1.26 bits per heavy atom. The minimum atomic E-state index is -0.391. The van der Waals surface area contributed by atoms with E-state index in [1.165, 1.54) is 6.20 Å². The third-order valence-corrected chi connectivity index (χ3v) is 6.72. The van der Waals surface area contributed by atoms with E-state index in [-0.39, 0.29) is 23.6 Å². The average molecular weight is 482 g/mol. The normalized spacial score (nSPS) is 22.6. The van der Waals surface area contributed by atoms with Crippen LogP contribution in [0.4, 0.5) is 17.3 Å². The third-order valence-electron chi connectivity index (χ3n) is 6.72. The smallest absolute Gasteiger partial charge is 0.274 e. The zero-order valence-electron chi connectivity index (χ0n) is 19.7. The van der Waals surface area contributed by atoms with Crippen LogP contribution in [0.3, 0.4) is 0 Å². The zero-order valence-corrected chi connectivity index (χ0v) is 19.7. The second kappa shape index (κ2) is 10.0. The molecule has 1 saturated heterocycles. The number of aliphatic hydroxyl groups is 1. The number of pyridine rings is 1. The number of aromatic nitrogens is 4. The Morgan fingerprint density at radius 3 is 2.91 bits per heavy atom. The summed E-state index contributed by atoms with van der Waals surface area (Å²) in [5.74, 6) is 0.742. The molecule has 1 amide bonds. The quantitative estimate of drug-likeness (QED) is 0.420. The second-order valence-electron chi connectivity index (χ2n) is 9.19. The molecule has 2 aliphatic rings. The molecule has 0 bridgehead atoms. The van der Waals surface area contributed by atoms with Crippen LogP contribution < -0.4 is 21.5 Å². The fraction of sp³-hybridized carbons (Fsp3) is 0.500. The van der Waals surface area contributed by atoms with Crippen molar-refractivity contribution in [3.63, 3.8) is 0 Å². The van der Waals surface area contributed by atoms with Crippen LogP contribution in [0.25, 0.3) is 5.65 Å². The van der Waals surface area contributed by atoms with Gasteiger partial charge < -0.3 is 30.4 Å². The maximum Gasteiger partial charge on any atom is 0.274 e. The fourth-order valence-electron chi connectivity index (χ4n) is 4.90. The van der Waals surface area contributed by atoms with Gasteiger partial charge in [-0.05, 0) is 50.7 Å². The minimum absolute atomic E-state index is 0.00439. The summed E-state index contributed by atoms with van der Waals surface area (Å²) >= 11 is 0. The Morgan fingerprint density at radius 2 is 2.14 bits per heavy atom. The summed E-state index contributed by atoms with van der Waals surface area (Å²) < 4.78 is 8.81. The van der Waals surface area contributed by atoms with E-state index in [0.29, 0.717) is 41.6 Å². The highest BCUT2D eigenvalue weighted by Gasteiger charge is 2.25. The van der Waals surface area contributed by atoms with E-state index in [0.717, 1.165) is 38.7 Å². The van der Waals surface area contributed by atoms with Crippen LogP contribution in [0.15, 0.2) is 35.4 Å². The number of carbonyl (C=O) groups is 1. The molecule has 1 aliphatic heterocycles. The van der Waals surface area contributed by atoms with Gasteiger partial charge in [-0.2, -0.15) is 9.61 Å². The van der Waals surface area contributed by atoms with Gasteiger partial charge in [-0.25, -0.2) is 4.98 Å². The molecule has 11 nitrogen and oxygen atoms in total. The lowest BCUT2D eigenvalue weighted by Gasteiger charge is -2.26. The molecule has 3 aromatic heterocycles. The number of amides is 1. The van der Waals surface area contributed by atoms with Crippen LogP contribution in [0.2, 0.25) is 0 Å². The maximum atomic E-state index is 13.2. The number of rotatable bonds is 6. The predicted molar refractivity (Wildman–Crippen MR) is 131 cm³/mol. The van der Waals surface area contributed by atoms with Gasteiger partial charge in [-0.3, -0.25) is 9.59 Å². The first-order chi connectivity index (χ1) is 17.0. The van der Waals surface area contributed by atoms with Crippen LogP contribution in [0.1, 0.15) is 54.9 Å². The molecule has 1 saturated carbocycles. The molecule has 11 heteroatoms. The Kier molecular flexibility index (Phi) is 6.69. The number of fused-ring (bicyclic) bond motifs is 1. The van der Waals surface area contributed by atoms with Crippen molar-refractivity contribution in [3.05, 3.63) is 46.5 Å². The van der Waals surface area contributed by atoms with Gasteiger partial charge in [0, 0.05) is 32.0 Å². The summed E-state index contributed by atoms with van der Waals surface area (Å²) in [5.41, 5.74) is 0.928. The summed E-state index contributed by atoms with van der Waals surface area (Å²) in [6.07, 6.45) is 7.70. The van der Waals surface area contributed by atoms with Gasteiger partial charge in [-0.15, -0.1) is 0 Å². The summed E-state index contributed by atoms with van der Waals surface area (Å²) in [4.78, 5) is 30.8. The van der Waals surface area contributed by atoms with Gasteiger partial charge in [0.1, 0.15) is 22.9 Å². The second-order valence-corrected chi connectivity index (χ2v) is 9.19. The highest BCUT2D eigenvalue weighted by Crippen LogP contribution is 2.23. The van der Waals surface area contributed by atoms with Gasteiger partial charge in [0.15, 0.2) is 5.65 Å². The number of anilines is 3. The van der Waals surface area contributed by atoms with Gasteiger partial charge in [0.2, 0.25) is 0 Å². The predicted octanol–water partition coefficient (Wildman–Crippen LogP) is 2.06. The van der Waals surface area contributed by atoms with E-state index in [9.17, 15) is 14.7 Å². The number of ether oxygens (including phenoxy) is 1. The van der Waals surface area contributed by atoms with Crippen molar-refractivity contribution >= 4 is 28.9 Å². The lowest BCUT2D eigenvalue weighted by atomic mass is 9.93. The summed E-state index contributed by atoms with van der Waals surface area (Å²) in [7, 11) is 1.75. The van der Waals surface area contributed by atoms with Crippen molar-refractivity contribution in [2.45, 2.75) is 56.7 Å². The van der Waals surface area contributed by atoms with Gasteiger partial charge >= 0.3 is 0 Å². The largest absolute Gasteiger partial charge is 0.393 e. The molecule has 4 heterocycles.